The number of para-hydroxylation sites is 2. The highest BCUT2D eigenvalue weighted by Crippen LogP contribution is 2.19. The number of esters is 1. The van der Waals surface area contributed by atoms with E-state index in [9.17, 15) is 4.79 Å². The normalized spacial score (nSPS) is 9.95. The van der Waals surface area contributed by atoms with Crippen LogP contribution >= 0.6 is 0 Å². The summed E-state index contributed by atoms with van der Waals surface area (Å²) in [4.78, 5) is 11.8. The zero-order chi connectivity index (χ0) is 14.9. The number of ether oxygens (including phenoxy) is 3. The summed E-state index contributed by atoms with van der Waals surface area (Å²) in [6.45, 7) is 2.87. The van der Waals surface area contributed by atoms with E-state index in [1.54, 1.807) is 25.1 Å². The van der Waals surface area contributed by atoms with Crippen LogP contribution in [0.4, 0.5) is 0 Å². The van der Waals surface area contributed by atoms with Gasteiger partial charge in [0.2, 0.25) is 0 Å². The van der Waals surface area contributed by atoms with Gasteiger partial charge in [0.15, 0.2) is 0 Å². The maximum absolute atomic E-state index is 11.8. The number of rotatable bonds is 7. The Bertz CT molecular complexity index is 566. The molecule has 0 N–H and O–H groups in total. The molecule has 110 valence electrons. The number of carbonyl (C=O) groups is 1. The minimum Gasteiger partial charge on any atom is -0.490 e. The predicted octanol–water partition coefficient (Wildman–Crippen LogP) is 3.32. The first-order chi connectivity index (χ1) is 10.3. The van der Waals surface area contributed by atoms with Gasteiger partial charge in [-0.3, -0.25) is 0 Å². The molecule has 0 atom stereocenters. The highest BCUT2D eigenvalue weighted by atomic mass is 16.5. The third-order valence-electron chi connectivity index (χ3n) is 2.74. The summed E-state index contributed by atoms with van der Waals surface area (Å²) in [6.07, 6.45) is 0. The molecule has 0 aliphatic heterocycles. The smallest absolute Gasteiger partial charge is 0.341 e. The molecular formula is C17H18O4. The van der Waals surface area contributed by atoms with Gasteiger partial charge < -0.3 is 14.2 Å². The summed E-state index contributed by atoms with van der Waals surface area (Å²) < 4.78 is 16.1. The lowest BCUT2D eigenvalue weighted by Crippen LogP contribution is -2.12. The van der Waals surface area contributed by atoms with Gasteiger partial charge in [-0.25, -0.2) is 4.79 Å². The fraction of sp³-hybridized carbons (Fsp3) is 0.235. The van der Waals surface area contributed by atoms with E-state index in [1.807, 2.05) is 36.4 Å². The van der Waals surface area contributed by atoms with Crippen LogP contribution in [0.1, 0.15) is 17.3 Å². The van der Waals surface area contributed by atoms with Gasteiger partial charge in [-0.05, 0) is 31.2 Å². The van der Waals surface area contributed by atoms with Crippen LogP contribution in [0.5, 0.6) is 11.5 Å². The van der Waals surface area contributed by atoms with Crippen molar-refractivity contribution in [1.82, 2.24) is 0 Å². The van der Waals surface area contributed by atoms with Gasteiger partial charge in [0.1, 0.15) is 30.3 Å². The zero-order valence-corrected chi connectivity index (χ0v) is 12.0. The molecule has 2 aromatic carbocycles. The lowest BCUT2D eigenvalue weighted by atomic mass is 10.2. The molecule has 21 heavy (non-hydrogen) atoms. The fourth-order valence-corrected chi connectivity index (χ4v) is 1.80. The maximum Gasteiger partial charge on any atom is 0.341 e. The second kappa shape index (κ2) is 7.94. The Hall–Kier alpha value is -2.49. The van der Waals surface area contributed by atoms with Crippen molar-refractivity contribution in [2.45, 2.75) is 6.92 Å². The molecule has 0 fully saturated rings. The van der Waals surface area contributed by atoms with Crippen LogP contribution < -0.4 is 9.47 Å². The van der Waals surface area contributed by atoms with E-state index in [1.165, 1.54) is 0 Å². The monoisotopic (exact) mass is 286 g/mol. The molecule has 4 heteroatoms. The summed E-state index contributed by atoms with van der Waals surface area (Å²) in [5.74, 6) is 0.921. The lowest BCUT2D eigenvalue weighted by Gasteiger charge is -2.11. The van der Waals surface area contributed by atoms with Gasteiger partial charge in [-0.2, -0.15) is 0 Å². The van der Waals surface area contributed by atoms with E-state index in [0.717, 1.165) is 5.75 Å². The van der Waals surface area contributed by atoms with Crippen molar-refractivity contribution in [2.24, 2.45) is 0 Å². The standard InChI is InChI=1S/C17H18O4/c1-2-19-17(18)15-10-6-7-11-16(15)21-13-12-20-14-8-4-3-5-9-14/h3-11H,2,12-13H2,1H3. The first-order valence-corrected chi connectivity index (χ1v) is 6.88. The molecule has 0 heterocycles. The second-order valence-electron chi connectivity index (χ2n) is 4.23. The van der Waals surface area contributed by atoms with E-state index in [4.69, 9.17) is 14.2 Å². The number of hydrogen-bond acceptors (Lipinski definition) is 4. The molecule has 2 aromatic rings. The summed E-state index contributed by atoms with van der Waals surface area (Å²) >= 11 is 0. The third-order valence-corrected chi connectivity index (χ3v) is 2.74. The van der Waals surface area contributed by atoms with E-state index < -0.39 is 0 Å². The largest absolute Gasteiger partial charge is 0.490 e. The second-order valence-corrected chi connectivity index (χ2v) is 4.23. The maximum atomic E-state index is 11.8. The number of benzene rings is 2. The minimum atomic E-state index is -0.378. The third kappa shape index (κ3) is 4.53. The first-order valence-electron chi connectivity index (χ1n) is 6.88. The molecule has 0 aliphatic carbocycles. The molecule has 0 bridgehead atoms. The van der Waals surface area contributed by atoms with Gasteiger partial charge in [0.05, 0.1) is 6.61 Å². The average molecular weight is 286 g/mol. The van der Waals surface area contributed by atoms with E-state index >= 15 is 0 Å². The molecular weight excluding hydrogens is 268 g/mol. The Kier molecular flexibility index (Phi) is 5.64. The topological polar surface area (TPSA) is 44.8 Å². The van der Waals surface area contributed by atoms with Gasteiger partial charge in [0, 0.05) is 0 Å². The number of hydrogen-bond donors (Lipinski definition) is 0. The minimum absolute atomic E-state index is 0.338. The molecule has 2 rings (SSSR count). The van der Waals surface area contributed by atoms with Crippen molar-refractivity contribution < 1.29 is 19.0 Å². The van der Waals surface area contributed by atoms with E-state index in [2.05, 4.69) is 0 Å². The molecule has 0 aromatic heterocycles. The van der Waals surface area contributed by atoms with Crippen LogP contribution in [0.3, 0.4) is 0 Å². The Labute approximate surface area is 124 Å². The van der Waals surface area contributed by atoms with Crippen LogP contribution in [0.15, 0.2) is 54.6 Å². The Morgan fingerprint density at radius 1 is 0.905 bits per heavy atom. The van der Waals surface area contributed by atoms with Crippen LogP contribution in [0.2, 0.25) is 0 Å². The molecule has 0 aliphatic rings. The van der Waals surface area contributed by atoms with Gasteiger partial charge >= 0.3 is 5.97 Å². The highest BCUT2D eigenvalue weighted by Gasteiger charge is 2.12. The van der Waals surface area contributed by atoms with Crippen molar-refractivity contribution in [1.29, 1.82) is 0 Å². The molecule has 0 saturated heterocycles. The summed E-state index contributed by atoms with van der Waals surface area (Å²) in [7, 11) is 0. The molecule has 0 radical (unpaired) electrons. The van der Waals surface area contributed by atoms with Gasteiger partial charge in [-0.15, -0.1) is 0 Å². The quantitative estimate of drug-likeness (QED) is 0.578. The van der Waals surface area contributed by atoms with Crippen molar-refractivity contribution in [2.75, 3.05) is 19.8 Å². The fourth-order valence-electron chi connectivity index (χ4n) is 1.80. The summed E-state index contributed by atoms with van der Waals surface area (Å²) in [5.41, 5.74) is 0.430. The van der Waals surface area contributed by atoms with E-state index in [-0.39, 0.29) is 5.97 Å². The SMILES string of the molecule is CCOC(=O)c1ccccc1OCCOc1ccccc1. The van der Waals surface area contributed by atoms with Crippen molar-refractivity contribution in [3.63, 3.8) is 0 Å². The van der Waals surface area contributed by atoms with Crippen molar-refractivity contribution in [3.8, 4) is 11.5 Å². The Balaban J connectivity index is 1.87. The zero-order valence-electron chi connectivity index (χ0n) is 12.0. The van der Waals surface area contributed by atoms with Crippen LogP contribution in [0.25, 0.3) is 0 Å². The van der Waals surface area contributed by atoms with Gasteiger partial charge in [-0.1, -0.05) is 30.3 Å². The lowest BCUT2D eigenvalue weighted by molar-refractivity contribution is 0.0521. The predicted molar refractivity (Wildman–Crippen MR) is 79.8 cm³/mol. The average Bonchev–Trinajstić information content (AvgIpc) is 2.53. The molecule has 0 unspecified atom stereocenters. The highest BCUT2D eigenvalue weighted by molar-refractivity contribution is 5.92. The van der Waals surface area contributed by atoms with Crippen LogP contribution in [-0.2, 0) is 4.74 Å². The number of carbonyl (C=O) groups excluding carboxylic acids is 1. The molecule has 0 spiro atoms. The van der Waals surface area contributed by atoms with Crippen molar-refractivity contribution in [3.05, 3.63) is 60.2 Å². The van der Waals surface area contributed by atoms with Crippen LogP contribution in [0, 0.1) is 0 Å². The first kappa shape index (κ1) is 14.9. The Morgan fingerprint density at radius 2 is 1.57 bits per heavy atom. The molecule has 0 amide bonds. The van der Waals surface area contributed by atoms with Crippen LogP contribution in [-0.4, -0.2) is 25.8 Å². The molecule has 0 saturated carbocycles. The molecule has 4 nitrogen and oxygen atoms in total. The van der Waals surface area contributed by atoms with E-state index in [0.29, 0.717) is 31.1 Å². The summed E-state index contributed by atoms with van der Waals surface area (Å²) in [6, 6.07) is 16.5. The van der Waals surface area contributed by atoms with Crippen molar-refractivity contribution >= 4 is 5.97 Å². The Morgan fingerprint density at radius 3 is 2.33 bits per heavy atom. The summed E-state index contributed by atoms with van der Waals surface area (Å²) in [5, 5.41) is 0. The van der Waals surface area contributed by atoms with Gasteiger partial charge in [0.25, 0.3) is 0 Å².